The number of thioether (sulfide) groups is 1. The second kappa shape index (κ2) is 7.97. The molecule has 6 nitrogen and oxygen atoms in total. The van der Waals surface area contributed by atoms with Crippen LogP contribution in [0.25, 0.3) is 0 Å². The van der Waals surface area contributed by atoms with Crippen LogP contribution < -0.4 is 4.74 Å². The molecule has 0 radical (unpaired) electrons. The van der Waals surface area contributed by atoms with Gasteiger partial charge in [0.05, 0.1) is 0 Å². The molecule has 1 saturated heterocycles. The summed E-state index contributed by atoms with van der Waals surface area (Å²) in [4.78, 5) is 25.5. The average Bonchev–Trinajstić information content (AvgIpc) is 3.15. The highest BCUT2D eigenvalue weighted by Gasteiger charge is 2.58. The van der Waals surface area contributed by atoms with E-state index in [0.29, 0.717) is 38.1 Å². The molecule has 2 unspecified atom stereocenters. The van der Waals surface area contributed by atoms with Crippen molar-refractivity contribution in [2.45, 2.75) is 56.2 Å². The van der Waals surface area contributed by atoms with Gasteiger partial charge < -0.3 is 9.64 Å². The Morgan fingerprint density at radius 2 is 1.91 bits per heavy atom. The van der Waals surface area contributed by atoms with Gasteiger partial charge >= 0.3 is 0 Å². The number of benzene rings is 1. The van der Waals surface area contributed by atoms with Gasteiger partial charge in [0.25, 0.3) is 0 Å². The molecule has 0 bridgehead atoms. The SMILES string of the molecule is CC(=O)N1CCC2(CC1)CC1(SC(C3=CC(F)CC=C3F)=NN1C(C)=O)c1ccccc1O2. The number of hydrazone groups is 1. The zero-order valence-corrected chi connectivity index (χ0v) is 19.3. The minimum absolute atomic E-state index is 0.0126. The largest absolute Gasteiger partial charge is 0.487 e. The fourth-order valence-electron chi connectivity index (χ4n) is 5.12. The van der Waals surface area contributed by atoms with Gasteiger partial charge in [-0.1, -0.05) is 30.0 Å². The zero-order valence-electron chi connectivity index (χ0n) is 18.5. The van der Waals surface area contributed by atoms with Crippen LogP contribution >= 0.6 is 11.8 Å². The molecule has 0 N–H and O–H groups in total. The molecule has 9 heteroatoms. The Hall–Kier alpha value is -2.68. The molecular weight excluding hydrogens is 448 g/mol. The first-order valence-electron chi connectivity index (χ1n) is 11.1. The van der Waals surface area contributed by atoms with Crippen LogP contribution in [0, 0.1) is 0 Å². The third-order valence-electron chi connectivity index (χ3n) is 6.77. The van der Waals surface area contributed by atoms with Gasteiger partial charge in [-0.3, -0.25) is 9.59 Å². The van der Waals surface area contributed by atoms with Crippen molar-refractivity contribution in [3.63, 3.8) is 0 Å². The van der Waals surface area contributed by atoms with Crippen LogP contribution in [-0.2, 0) is 14.5 Å². The van der Waals surface area contributed by atoms with Crippen molar-refractivity contribution in [2.75, 3.05) is 13.1 Å². The molecule has 3 heterocycles. The molecule has 1 aliphatic carbocycles. The summed E-state index contributed by atoms with van der Waals surface area (Å²) < 4.78 is 35.3. The number of likely N-dealkylation sites (tertiary alicyclic amines) is 1. The lowest BCUT2D eigenvalue weighted by molar-refractivity contribution is -0.137. The third-order valence-corrected chi connectivity index (χ3v) is 8.14. The highest BCUT2D eigenvalue weighted by molar-refractivity contribution is 8.15. The summed E-state index contributed by atoms with van der Waals surface area (Å²) in [7, 11) is 0. The van der Waals surface area contributed by atoms with Gasteiger partial charge in [-0.05, 0) is 18.2 Å². The third kappa shape index (κ3) is 3.66. The Balaban J connectivity index is 1.57. The van der Waals surface area contributed by atoms with Crippen molar-refractivity contribution in [3.8, 4) is 5.75 Å². The van der Waals surface area contributed by atoms with Crippen LogP contribution in [0.4, 0.5) is 8.78 Å². The first-order valence-corrected chi connectivity index (χ1v) is 11.9. The number of carbonyl (C=O) groups is 2. The zero-order chi connectivity index (χ0) is 23.4. The van der Waals surface area contributed by atoms with Crippen LogP contribution in [0.2, 0.25) is 0 Å². The van der Waals surface area contributed by atoms with Crippen molar-refractivity contribution in [2.24, 2.45) is 5.10 Å². The van der Waals surface area contributed by atoms with E-state index >= 15 is 0 Å². The first-order chi connectivity index (χ1) is 15.7. The standard InChI is InChI=1S/C24H25F2N3O3S/c1-15(30)28-11-9-23(10-12-28)14-24(19-5-3-4-6-21(19)32-23)29(16(2)31)27-22(33-24)18-13-17(25)7-8-20(18)26/h3-6,8,13,17H,7,9-12,14H2,1-2H3. The minimum atomic E-state index is -1.30. The number of carbonyl (C=O) groups excluding carboxylic acids is 2. The molecule has 0 aromatic heterocycles. The Labute approximate surface area is 195 Å². The predicted molar refractivity (Wildman–Crippen MR) is 122 cm³/mol. The average molecular weight is 474 g/mol. The maximum atomic E-state index is 14.7. The van der Waals surface area contributed by atoms with Crippen LogP contribution in [0.3, 0.4) is 0 Å². The van der Waals surface area contributed by atoms with E-state index in [0.717, 1.165) is 5.56 Å². The molecule has 2 spiro atoms. The van der Waals surface area contributed by atoms with E-state index in [1.807, 2.05) is 24.3 Å². The highest BCUT2D eigenvalue weighted by Crippen LogP contribution is 2.59. The van der Waals surface area contributed by atoms with E-state index in [4.69, 9.17) is 4.74 Å². The van der Waals surface area contributed by atoms with Gasteiger partial charge in [0.15, 0.2) is 0 Å². The van der Waals surface area contributed by atoms with Gasteiger partial charge in [-0.15, -0.1) is 0 Å². The van der Waals surface area contributed by atoms with Gasteiger partial charge in [0.2, 0.25) is 11.8 Å². The summed E-state index contributed by atoms with van der Waals surface area (Å²) in [5.74, 6) is -0.148. The first kappa shape index (κ1) is 22.1. The number of hydrogen-bond donors (Lipinski definition) is 0. The maximum absolute atomic E-state index is 14.7. The Bertz CT molecular complexity index is 1110. The van der Waals surface area contributed by atoms with Crippen LogP contribution in [0.5, 0.6) is 5.75 Å². The van der Waals surface area contributed by atoms with E-state index in [1.54, 1.807) is 11.8 Å². The molecule has 0 saturated carbocycles. The predicted octanol–water partition coefficient (Wildman–Crippen LogP) is 4.43. The molecule has 1 aromatic rings. The molecule has 1 fully saturated rings. The maximum Gasteiger partial charge on any atom is 0.241 e. The van der Waals surface area contributed by atoms with E-state index in [1.165, 1.54) is 35.8 Å². The molecule has 1 aromatic carbocycles. The molecule has 2 atom stereocenters. The monoisotopic (exact) mass is 473 g/mol. The second-order valence-electron chi connectivity index (χ2n) is 8.97. The molecule has 4 aliphatic rings. The fourth-order valence-corrected chi connectivity index (χ4v) is 6.71. The number of hydrogen-bond acceptors (Lipinski definition) is 5. The summed E-state index contributed by atoms with van der Waals surface area (Å²) in [6, 6.07) is 7.50. The van der Waals surface area contributed by atoms with Crippen LogP contribution in [0.1, 0.15) is 45.1 Å². The van der Waals surface area contributed by atoms with Crippen molar-refractivity contribution >= 4 is 28.6 Å². The Kier molecular flexibility index (Phi) is 5.34. The lowest BCUT2D eigenvalue weighted by atomic mass is 9.79. The van der Waals surface area contributed by atoms with Crippen molar-refractivity contribution in [3.05, 3.63) is 53.4 Å². The number of nitrogens with zero attached hydrogens (tertiary/aromatic N) is 3. The Morgan fingerprint density at radius 1 is 1.18 bits per heavy atom. The lowest BCUT2D eigenvalue weighted by Gasteiger charge is -2.51. The van der Waals surface area contributed by atoms with Crippen molar-refractivity contribution < 1.29 is 23.1 Å². The number of fused-ring (bicyclic) bond motifs is 2. The van der Waals surface area contributed by atoms with Crippen LogP contribution in [-0.4, -0.2) is 51.6 Å². The number of alkyl halides is 1. The molecule has 174 valence electrons. The van der Waals surface area contributed by atoms with Gasteiger partial charge in [0, 0.05) is 63.8 Å². The van der Waals surface area contributed by atoms with Crippen molar-refractivity contribution in [1.82, 2.24) is 9.91 Å². The molecule has 2 amide bonds. The Morgan fingerprint density at radius 3 is 2.61 bits per heavy atom. The molecule has 33 heavy (non-hydrogen) atoms. The smallest absolute Gasteiger partial charge is 0.241 e. The quantitative estimate of drug-likeness (QED) is 0.605. The fraction of sp³-hybridized carbons (Fsp3) is 0.458. The number of amides is 2. The van der Waals surface area contributed by atoms with Crippen LogP contribution in [0.15, 0.2) is 52.9 Å². The summed E-state index contributed by atoms with van der Waals surface area (Å²) in [6.07, 6.45) is 2.79. The molecular formula is C24H25F2N3O3S. The molecule has 3 aliphatic heterocycles. The number of piperidine rings is 1. The lowest BCUT2D eigenvalue weighted by Crippen LogP contribution is -2.57. The van der Waals surface area contributed by atoms with E-state index in [2.05, 4.69) is 5.10 Å². The molecule has 5 rings (SSSR count). The van der Waals surface area contributed by atoms with E-state index in [-0.39, 0.29) is 28.9 Å². The summed E-state index contributed by atoms with van der Waals surface area (Å²) in [6.45, 7) is 4.09. The number of allylic oxidation sites excluding steroid dienone is 3. The van der Waals surface area contributed by atoms with Crippen molar-refractivity contribution in [1.29, 1.82) is 0 Å². The number of rotatable bonds is 1. The highest BCUT2D eigenvalue weighted by atomic mass is 32.2. The topological polar surface area (TPSA) is 62.2 Å². The summed E-state index contributed by atoms with van der Waals surface area (Å²) in [5, 5.41) is 6.21. The van der Waals surface area contributed by atoms with Gasteiger partial charge in [0.1, 0.15) is 33.3 Å². The van der Waals surface area contributed by atoms with E-state index < -0.39 is 22.5 Å². The number of para-hydroxylation sites is 1. The number of halogens is 2. The van der Waals surface area contributed by atoms with Gasteiger partial charge in [-0.25, -0.2) is 13.8 Å². The van der Waals surface area contributed by atoms with Gasteiger partial charge in [-0.2, -0.15) is 5.10 Å². The number of ether oxygens (including phenoxy) is 1. The second-order valence-corrected chi connectivity index (χ2v) is 10.2. The summed E-state index contributed by atoms with van der Waals surface area (Å²) >= 11 is 1.28. The minimum Gasteiger partial charge on any atom is -0.487 e. The van der Waals surface area contributed by atoms with E-state index in [9.17, 15) is 18.4 Å². The normalized spacial score (nSPS) is 28.1. The summed E-state index contributed by atoms with van der Waals surface area (Å²) in [5.41, 5.74) is 0.261.